The highest BCUT2D eigenvalue weighted by molar-refractivity contribution is 6.32. The predicted octanol–water partition coefficient (Wildman–Crippen LogP) is 4.09. The zero-order valence-electron chi connectivity index (χ0n) is 13.2. The number of carbonyl (C=O) groups is 2. The normalized spacial score (nSPS) is 10.2. The first-order chi connectivity index (χ1) is 11.4. The third-order valence-electron chi connectivity index (χ3n) is 3.02. The van der Waals surface area contributed by atoms with E-state index in [1.54, 1.807) is 12.1 Å². The van der Waals surface area contributed by atoms with Crippen LogP contribution >= 0.6 is 11.6 Å². The minimum absolute atomic E-state index is 0.189. The first-order valence-electron chi connectivity index (χ1n) is 7.21. The fraction of sp³-hybridized carbons (Fsp3) is 0.176. The molecule has 0 radical (unpaired) electrons. The zero-order chi connectivity index (χ0) is 17.7. The number of hydrogen-bond acceptors (Lipinski definition) is 3. The Hall–Kier alpha value is -2.60. The smallest absolute Gasteiger partial charge is 0.258 e. The third kappa shape index (κ3) is 4.45. The molecule has 2 aromatic rings. The van der Waals surface area contributed by atoms with Gasteiger partial charge in [0, 0.05) is 18.3 Å². The minimum Gasteiger partial charge on any atom is -0.492 e. The minimum atomic E-state index is -0.696. The lowest BCUT2D eigenvalue weighted by atomic mass is 10.1. The van der Waals surface area contributed by atoms with Crippen molar-refractivity contribution in [2.24, 2.45) is 0 Å². The van der Waals surface area contributed by atoms with Gasteiger partial charge in [-0.15, -0.1) is 0 Å². The topological polar surface area (TPSA) is 67.4 Å². The van der Waals surface area contributed by atoms with E-state index in [0.717, 1.165) is 6.07 Å². The van der Waals surface area contributed by atoms with Crippen LogP contribution in [0.2, 0.25) is 5.02 Å². The zero-order valence-corrected chi connectivity index (χ0v) is 13.9. The second-order valence-corrected chi connectivity index (χ2v) is 5.32. The highest BCUT2D eigenvalue weighted by Gasteiger charge is 2.14. The molecule has 0 saturated heterocycles. The average Bonchev–Trinajstić information content (AvgIpc) is 2.51. The van der Waals surface area contributed by atoms with Gasteiger partial charge in [0.05, 0.1) is 17.2 Å². The molecule has 24 heavy (non-hydrogen) atoms. The van der Waals surface area contributed by atoms with Crippen molar-refractivity contribution in [1.29, 1.82) is 0 Å². The van der Waals surface area contributed by atoms with Gasteiger partial charge in [-0.1, -0.05) is 11.6 Å². The second-order valence-electron chi connectivity index (χ2n) is 4.91. The van der Waals surface area contributed by atoms with Gasteiger partial charge < -0.3 is 15.4 Å². The van der Waals surface area contributed by atoms with Crippen molar-refractivity contribution >= 4 is 34.8 Å². The van der Waals surface area contributed by atoms with Crippen molar-refractivity contribution in [2.75, 3.05) is 17.2 Å². The number of halogens is 2. The van der Waals surface area contributed by atoms with E-state index in [2.05, 4.69) is 10.6 Å². The van der Waals surface area contributed by atoms with Gasteiger partial charge in [-0.05, 0) is 43.3 Å². The Bertz CT molecular complexity index is 780. The number of ether oxygens (including phenoxy) is 1. The molecule has 2 aromatic carbocycles. The number of hydrogen-bond donors (Lipinski definition) is 2. The molecule has 2 rings (SSSR count). The van der Waals surface area contributed by atoms with Crippen LogP contribution < -0.4 is 15.4 Å². The second kappa shape index (κ2) is 7.79. The largest absolute Gasteiger partial charge is 0.492 e. The van der Waals surface area contributed by atoms with Gasteiger partial charge in [-0.25, -0.2) is 4.39 Å². The summed E-state index contributed by atoms with van der Waals surface area (Å²) in [4.78, 5) is 23.3. The van der Waals surface area contributed by atoms with E-state index < -0.39 is 11.7 Å². The maximum Gasteiger partial charge on any atom is 0.258 e. The Morgan fingerprint density at radius 1 is 1.12 bits per heavy atom. The maximum absolute atomic E-state index is 13.9. The van der Waals surface area contributed by atoms with Gasteiger partial charge in [0.2, 0.25) is 5.91 Å². The molecule has 126 valence electrons. The van der Waals surface area contributed by atoms with E-state index in [9.17, 15) is 14.0 Å². The lowest BCUT2D eigenvalue weighted by Crippen LogP contribution is -2.15. The van der Waals surface area contributed by atoms with Crippen LogP contribution in [-0.4, -0.2) is 18.4 Å². The van der Waals surface area contributed by atoms with E-state index in [1.165, 1.54) is 25.1 Å². The van der Waals surface area contributed by atoms with Gasteiger partial charge in [0.15, 0.2) is 0 Å². The van der Waals surface area contributed by atoms with Crippen LogP contribution in [0.1, 0.15) is 24.2 Å². The summed E-state index contributed by atoms with van der Waals surface area (Å²) in [6.45, 7) is 3.62. The van der Waals surface area contributed by atoms with Crippen molar-refractivity contribution in [3.63, 3.8) is 0 Å². The number of amides is 2. The molecule has 0 heterocycles. The van der Waals surface area contributed by atoms with Gasteiger partial charge in [0.1, 0.15) is 11.6 Å². The van der Waals surface area contributed by atoms with Crippen LogP contribution in [0.3, 0.4) is 0 Å². The van der Waals surface area contributed by atoms with Gasteiger partial charge in [0.25, 0.3) is 5.91 Å². The van der Waals surface area contributed by atoms with Crippen LogP contribution in [0.4, 0.5) is 15.8 Å². The van der Waals surface area contributed by atoms with E-state index in [1.807, 2.05) is 6.92 Å². The fourth-order valence-corrected chi connectivity index (χ4v) is 2.26. The summed E-state index contributed by atoms with van der Waals surface area (Å²) in [6, 6.07) is 8.49. The van der Waals surface area contributed by atoms with E-state index in [-0.39, 0.29) is 11.5 Å². The quantitative estimate of drug-likeness (QED) is 0.853. The molecule has 0 saturated carbocycles. The first-order valence-corrected chi connectivity index (χ1v) is 7.59. The van der Waals surface area contributed by atoms with Crippen molar-refractivity contribution in [1.82, 2.24) is 0 Å². The van der Waals surface area contributed by atoms with Crippen LogP contribution in [0.5, 0.6) is 5.75 Å². The SMILES string of the molecule is CCOc1ccc(NC(=O)c2cc(NC(C)=O)ccc2F)cc1Cl. The number of nitrogens with one attached hydrogen (secondary N) is 2. The molecule has 0 aliphatic rings. The molecule has 0 bridgehead atoms. The van der Waals surface area contributed by atoms with Gasteiger partial charge >= 0.3 is 0 Å². The summed E-state index contributed by atoms with van der Waals surface area (Å²) in [5.41, 5.74) is 0.544. The molecular weight excluding hydrogens is 335 g/mol. The van der Waals surface area contributed by atoms with Gasteiger partial charge in [-0.2, -0.15) is 0 Å². The Morgan fingerprint density at radius 2 is 1.79 bits per heavy atom. The molecule has 0 fully saturated rings. The molecule has 5 nitrogen and oxygen atoms in total. The summed E-state index contributed by atoms with van der Waals surface area (Å²) in [6.07, 6.45) is 0. The number of carbonyl (C=O) groups excluding carboxylic acids is 2. The first kappa shape index (κ1) is 17.7. The van der Waals surface area contributed by atoms with Crippen LogP contribution in [0.25, 0.3) is 0 Å². The Morgan fingerprint density at radius 3 is 2.42 bits per heavy atom. The van der Waals surface area contributed by atoms with Crippen LogP contribution in [-0.2, 0) is 4.79 Å². The van der Waals surface area contributed by atoms with Crippen LogP contribution in [0.15, 0.2) is 36.4 Å². The predicted molar refractivity (Wildman–Crippen MR) is 91.3 cm³/mol. The van der Waals surface area contributed by atoms with Crippen molar-refractivity contribution in [2.45, 2.75) is 13.8 Å². The summed E-state index contributed by atoms with van der Waals surface area (Å²) in [5, 5.41) is 5.39. The summed E-state index contributed by atoms with van der Waals surface area (Å²) in [5.74, 6) is -1.17. The van der Waals surface area contributed by atoms with E-state index >= 15 is 0 Å². The lowest BCUT2D eigenvalue weighted by Gasteiger charge is -2.10. The Balaban J connectivity index is 2.20. The molecule has 0 atom stereocenters. The molecule has 0 aliphatic heterocycles. The molecule has 2 N–H and O–H groups in total. The molecule has 0 spiro atoms. The fourth-order valence-electron chi connectivity index (χ4n) is 2.03. The highest BCUT2D eigenvalue weighted by atomic mass is 35.5. The Kier molecular flexibility index (Phi) is 5.76. The number of rotatable bonds is 5. The van der Waals surface area contributed by atoms with Crippen molar-refractivity contribution in [3.05, 3.63) is 52.8 Å². The van der Waals surface area contributed by atoms with E-state index in [0.29, 0.717) is 28.8 Å². The summed E-state index contributed by atoms with van der Waals surface area (Å²) < 4.78 is 19.2. The maximum atomic E-state index is 13.9. The van der Waals surface area contributed by atoms with Crippen molar-refractivity contribution in [3.8, 4) is 5.75 Å². The monoisotopic (exact) mass is 350 g/mol. The lowest BCUT2D eigenvalue weighted by molar-refractivity contribution is -0.114. The molecule has 0 unspecified atom stereocenters. The standard InChI is InChI=1S/C17H16ClFN2O3/c1-3-24-16-7-5-12(9-14(16)18)21-17(23)13-8-11(20-10(2)22)4-6-15(13)19/h4-9H,3H2,1-2H3,(H,20,22)(H,21,23). The summed E-state index contributed by atoms with van der Waals surface area (Å²) >= 11 is 6.05. The highest BCUT2D eigenvalue weighted by Crippen LogP contribution is 2.28. The molecule has 2 amide bonds. The molecule has 0 aliphatic carbocycles. The average molecular weight is 351 g/mol. The molecular formula is C17H16ClFN2O3. The number of benzene rings is 2. The summed E-state index contributed by atoms with van der Waals surface area (Å²) in [7, 11) is 0. The number of anilines is 2. The molecule has 0 aromatic heterocycles. The van der Waals surface area contributed by atoms with Crippen LogP contribution in [0, 0.1) is 5.82 Å². The Labute approximate surface area is 143 Å². The van der Waals surface area contributed by atoms with E-state index in [4.69, 9.17) is 16.3 Å². The van der Waals surface area contributed by atoms with Crippen molar-refractivity contribution < 1.29 is 18.7 Å². The third-order valence-corrected chi connectivity index (χ3v) is 3.32. The van der Waals surface area contributed by atoms with Gasteiger partial charge in [-0.3, -0.25) is 9.59 Å². The molecule has 7 heteroatoms.